The SMILES string of the molecule is C=C[Si](C)(C)O[Si](C)(C=C)C=C1N(C2CCCCC2)C=CN1C1CCCCC1. The first-order chi connectivity index (χ1) is 13.4. The zero-order chi connectivity index (χ0) is 20.2. The standard InChI is InChI=1S/C23H40N2OSi2/c1-6-27(3,4)26-28(5,7-2)20-23-24(21-14-10-8-11-15-21)18-19-25(23)22-16-12-9-13-17-22/h6-7,18-22H,1-2,8-17H2,3-5H3. The predicted molar refractivity (Wildman–Crippen MR) is 125 cm³/mol. The molecule has 156 valence electrons. The third-order valence-corrected chi connectivity index (χ3v) is 13.1. The minimum atomic E-state index is -2.19. The van der Waals surface area contributed by atoms with E-state index in [1.165, 1.54) is 70.0 Å². The summed E-state index contributed by atoms with van der Waals surface area (Å²) in [5.74, 6) is 1.38. The molecule has 0 amide bonds. The molecule has 0 bridgehead atoms. The normalized spacial score (nSPS) is 24.3. The van der Waals surface area contributed by atoms with Crippen LogP contribution in [0.15, 0.2) is 48.5 Å². The highest BCUT2D eigenvalue weighted by Crippen LogP contribution is 2.36. The molecule has 2 fully saturated rings. The molecule has 0 N–H and O–H groups in total. The summed E-state index contributed by atoms with van der Waals surface area (Å²) >= 11 is 0. The van der Waals surface area contributed by atoms with Crippen LogP contribution in [-0.2, 0) is 4.12 Å². The lowest BCUT2D eigenvalue weighted by molar-refractivity contribution is 0.193. The van der Waals surface area contributed by atoms with Crippen molar-refractivity contribution in [1.29, 1.82) is 0 Å². The van der Waals surface area contributed by atoms with E-state index in [1.807, 2.05) is 5.70 Å². The Morgan fingerprint density at radius 2 is 1.29 bits per heavy atom. The number of hydrogen-bond acceptors (Lipinski definition) is 3. The zero-order valence-electron chi connectivity index (χ0n) is 18.3. The van der Waals surface area contributed by atoms with Crippen molar-refractivity contribution < 1.29 is 4.12 Å². The van der Waals surface area contributed by atoms with Gasteiger partial charge in [0.2, 0.25) is 8.32 Å². The van der Waals surface area contributed by atoms with Gasteiger partial charge in [-0.3, -0.25) is 0 Å². The van der Waals surface area contributed by atoms with Crippen molar-refractivity contribution in [3.63, 3.8) is 0 Å². The maximum Gasteiger partial charge on any atom is 0.230 e. The van der Waals surface area contributed by atoms with Crippen molar-refractivity contribution >= 4 is 16.6 Å². The predicted octanol–water partition coefficient (Wildman–Crippen LogP) is 6.37. The summed E-state index contributed by atoms with van der Waals surface area (Å²) < 4.78 is 6.74. The molecule has 3 nitrogen and oxygen atoms in total. The van der Waals surface area contributed by atoms with Gasteiger partial charge in [0.15, 0.2) is 8.32 Å². The van der Waals surface area contributed by atoms with Gasteiger partial charge in [-0.1, -0.05) is 49.9 Å². The molecule has 2 saturated carbocycles. The maximum atomic E-state index is 6.74. The fourth-order valence-electron chi connectivity index (χ4n) is 4.91. The van der Waals surface area contributed by atoms with Crippen molar-refractivity contribution in [3.05, 3.63) is 48.5 Å². The van der Waals surface area contributed by atoms with Crippen LogP contribution in [0.25, 0.3) is 0 Å². The second-order valence-electron chi connectivity index (χ2n) is 9.50. The van der Waals surface area contributed by atoms with Crippen LogP contribution in [0.2, 0.25) is 19.6 Å². The van der Waals surface area contributed by atoms with Gasteiger partial charge in [0.05, 0.1) is 0 Å². The Kier molecular flexibility index (Phi) is 7.10. The lowest BCUT2D eigenvalue weighted by Gasteiger charge is -2.40. The fourth-order valence-corrected chi connectivity index (χ4v) is 11.3. The quantitative estimate of drug-likeness (QED) is 0.448. The van der Waals surface area contributed by atoms with Gasteiger partial charge in [-0.2, -0.15) is 0 Å². The van der Waals surface area contributed by atoms with E-state index < -0.39 is 16.6 Å². The molecule has 5 heteroatoms. The van der Waals surface area contributed by atoms with Gasteiger partial charge in [0, 0.05) is 24.5 Å². The fraction of sp³-hybridized carbons (Fsp3) is 0.652. The molecule has 1 heterocycles. The first kappa shape index (κ1) is 21.7. The molecular formula is C23H40N2OSi2. The third-order valence-electron chi connectivity index (χ3n) is 6.65. The van der Waals surface area contributed by atoms with E-state index in [-0.39, 0.29) is 0 Å². The topological polar surface area (TPSA) is 15.7 Å². The van der Waals surface area contributed by atoms with Crippen LogP contribution in [0.5, 0.6) is 0 Å². The smallest absolute Gasteiger partial charge is 0.230 e. The molecule has 1 atom stereocenters. The molecule has 0 spiro atoms. The van der Waals surface area contributed by atoms with Crippen molar-refractivity contribution in [2.75, 3.05) is 0 Å². The van der Waals surface area contributed by atoms with E-state index in [1.54, 1.807) is 0 Å². The molecule has 0 aromatic carbocycles. The summed E-state index contributed by atoms with van der Waals surface area (Å²) in [6.07, 6.45) is 18.1. The molecule has 2 aliphatic carbocycles. The first-order valence-electron chi connectivity index (χ1n) is 11.3. The molecule has 3 rings (SSSR count). The van der Waals surface area contributed by atoms with E-state index in [9.17, 15) is 0 Å². The van der Waals surface area contributed by atoms with Crippen LogP contribution in [0.1, 0.15) is 64.2 Å². The van der Waals surface area contributed by atoms with Crippen LogP contribution in [0.3, 0.4) is 0 Å². The van der Waals surface area contributed by atoms with Crippen molar-refractivity contribution in [2.45, 2.75) is 95.9 Å². The van der Waals surface area contributed by atoms with Crippen LogP contribution in [-0.4, -0.2) is 38.5 Å². The third kappa shape index (κ3) is 5.11. The second-order valence-corrected chi connectivity index (χ2v) is 17.0. The van der Waals surface area contributed by atoms with Crippen molar-refractivity contribution in [3.8, 4) is 0 Å². The molecule has 0 saturated heterocycles. The van der Waals surface area contributed by atoms with Gasteiger partial charge in [-0.25, -0.2) is 0 Å². The Morgan fingerprint density at radius 1 is 0.821 bits per heavy atom. The van der Waals surface area contributed by atoms with E-state index in [0.29, 0.717) is 12.1 Å². The highest BCUT2D eigenvalue weighted by atomic mass is 28.4. The van der Waals surface area contributed by atoms with Crippen LogP contribution in [0, 0.1) is 0 Å². The Morgan fingerprint density at radius 3 is 1.68 bits per heavy atom. The highest BCUT2D eigenvalue weighted by Gasteiger charge is 2.37. The van der Waals surface area contributed by atoms with Crippen LogP contribution < -0.4 is 0 Å². The molecule has 0 radical (unpaired) electrons. The average Bonchev–Trinajstić information content (AvgIpc) is 3.12. The minimum absolute atomic E-state index is 0.637. The van der Waals surface area contributed by atoms with Crippen molar-refractivity contribution in [2.24, 2.45) is 0 Å². The summed E-state index contributed by atoms with van der Waals surface area (Å²) in [4.78, 5) is 5.16. The van der Waals surface area contributed by atoms with Gasteiger partial charge in [0.25, 0.3) is 0 Å². The monoisotopic (exact) mass is 416 g/mol. The lowest BCUT2D eigenvalue weighted by Crippen LogP contribution is -2.46. The number of nitrogens with zero attached hydrogens (tertiary/aromatic N) is 2. The van der Waals surface area contributed by atoms with E-state index >= 15 is 0 Å². The van der Waals surface area contributed by atoms with Crippen LogP contribution >= 0.6 is 0 Å². The Bertz CT molecular complexity index is 588. The summed E-state index contributed by atoms with van der Waals surface area (Å²) in [6.45, 7) is 15.0. The maximum absolute atomic E-state index is 6.74. The Balaban J connectivity index is 1.91. The largest absolute Gasteiger partial charge is 0.446 e. The number of rotatable bonds is 7. The zero-order valence-corrected chi connectivity index (χ0v) is 20.3. The second kappa shape index (κ2) is 9.18. The Hall–Kier alpha value is -1.05. The first-order valence-corrected chi connectivity index (χ1v) is 16.9. The van der Waals surface area contributed by atoms with Crippen LogP contribution in [0.4, 0.5) is 0 Å². The average molecular weight is 417 g/mol. The minimum Gasteiger partial charge on any atom is -0.446 e. The molecule has 1 aliphatic heterocycles. The number of hydrogen-bond donors (Lipinski definition) is 0. The van der Waals surface area contributed by atoms with Gasteiger partial charge in [-0.05, 0) is 51.0 Å². The molecule has 28 heavy (non-hydrogen) atoms. The molecule has 0 aromatic heterocycles. The summed E-state index contributed by atoms with van der Waals surface area (Å²) in [5.41, 5.74) is 6.63. The van der Waals surface area contributed by atoms with Gasteiger partial charge < -0.3 is 13.9 Å². The summed E-state index contributed by atoms with van der Waals surface area (Å²) in [6, 6.07) is 1.27. The highest BCUT2D eigenvalue weighted by molar-refractivity contribution is 6.92. The van der Waals surface area contributed by atoms with Gasteiger partial charge >= 0.3 is 0 Å². The molecule has 0 aromatic rings. The van der Waals surface area contributed by atoms with E-state index in [0.717, 1.165) is 0 Å². The lowest BCUT2D eigenvalue weighted by atomic mass is 9.94. The molecule has 1 unspecified atom stereocenters. The van der Waals surface area contributed by atoms with Gasteiger partial charge in [0.1, 0.15) is 5.82 Å². The summed E-state index contributed by atoms with van der Waals surface area (Å²) in [7, 11) is -4.06. The molecule has 3 aliphatic rings. The Labute approximate surface area is 175 Å². The van der Waals surface area contributed by atoms with E-state index in [4.69, 9.17) is 4.12 Å². The van der Waals surface area contributed by atoms with E-state index in [2.05, 4.69) is 66.4 Å². The summed E-state index contributed by atoms with van der Waals surface area (Å²) in [5, 5.41) is 0. The molecular weight excluding hydrogens is 376 g/mol. The van der Waals surface area contributed by atoms with Gasteiger partial charge in [-0.15, -0.1) is 13.2 Å². The van der Waals surface area contributed by atoms with Crippen molar-refractivity contribution in [1.82, 2.24) is 9.80 Å².